The number of carbonyl (C=O) groups excluding carboxylic acids is 1. The first-order valence-corrected chi connectivity index (χ1v) is 12.1. The molecule has 32 heavy (non-hydrogen) atoms. The summed E-state index contributed by atoms with van der Waals surface area (Å²) in [5.74, 6) is 0.0243. The molecule has 1 atom stereocenters. The van der Waals surface area contributed by atoms with Gasteiger partial charge in [0.15, 0.2) is 0 Å². The number of benzene rings is 2. The number of rotatable bonds is 8. The summed E-state index contributed by atoms with van der Waals surface area (Å²) in [6, 6.07) is 13.3. The monoisotopic (exact) mass is 475 g/mol. The molecule has 1 heterocycles. The van der Waals surface area contributed by atoms with Crippen LogP contribution in [0.1, 0.15) is 48.5 Å². The zero-order valence-corrected chi connectivity index (χ0v) is 20.0. The number of aromatic nitrogens is 1. The van der Waals surface area contributed by atoms with Crippen LogP contribution in [0.5, 0.6) is 0 Å². The summed E-state index contributed by atoms with van der Waals surface area (Å²) < 4.78 is 32.0. The van der Waals surface area contributed by atoms with Crippen molar-refractivity contribution in [3.63, 3.8) is 0 Å². The predicted octanol–water partition coefficient (Wildman–Crippen LogP) is 4.82. The lowest BCUT2D eigenvalue weighted by Crippen LogP contribution is -2.30. The lowest BCUT2D eigenvalue weighted by Gasteiger charge is -2.19. The number of carbonyl (C=O) groups is 1. The van der Waals surface area contributed by atoms with Gasteiger partial charge < -0.3 is 9.84 Å². The molecule has 1 N–H and O–H groups in total. The van der Waals surface area contributed by atoms with Crippen molar-refractivity contribution in [3.05, 3.63) is 70.4 Å². The highest BCUT2D eigenvalue weighted by atomic mass is 35.5. The predicted molar refractivity (Wildman–Crippen MR) is 124 cm³/mol. The van der Waals surface area contributed by atoms with E-state index in [2.05, 4.69) is 10.5 Å². The largest absolute Gasteiger partial charge is 0.360 e. The number of hydrogen-bond donors (Lipinski definition) is 1. The van der Waals surface area contributed by atoms with Crippen LogP contribution in [0.4, 0.5) is 0 Å². The Morgan fingerprint density at radius 3 is 2.34 bits per heavy atom. The van der Waals surface area contributed by atoms with Gasteiger partial charge in [0.2, 0.25) is 10.0 Å². The van der Waals surface area contributed by atoms with Crippen LogP contribution in [0.2, 0.25) is 5.02 Å². The second-order valence-corrected chi connectivity index (χ2v) is 9.64. The van der Waals surface area contributed by atoms with Crippen LogP contribution < -0.4 is 5.32 Å². The van der Waals surface area contributed by atoms with Gasteiger partial charge in [-0.05, 0) is 37.6 Å². The Kier molecular flexibility index (Phi) is 7.38. The van der Waals surface area contributed by atoms with Crippen LogP contribution in [-0.4, -0.2) is 36.9 Å². The molecule has 3 rings (SSSR count). The average Bonchev–Trinajstić information content (AvgIpc) is 3.16. The molecule has 170 valence electrons. The van der Waals surface area contributed by atoms with Crippen molar-refractivity contribution < 1.29 is 17.7 Å². The second-order valence-electron chi connectivity index (χ2n) is 7.30. The summed E-state index contributed by atoms with van der Waals surface area (Å²) in [5.41, 5.74) is 2.06. The number of hydrogen-bond acceptors (Lipinski definition) is 5. The molecule has 1 aromatic heterocycles. The number of sulfonamides is 1. The number of amides is 1. The molecule has 0 radical (unpaired) electrons. The molecule has 2 aromatic carbocycles. The van der Waals surface area contributed by atoms with E-state index in [0.717, 1.165) is 5.56 Å². The van der Waals surface area contributed by atoms with Crippen LogP contribution in [0.3, 0.4) is 0 Å². The van der Waals surface area contributed by atoms with E-state index in [9.17, 15) is 13.2 Å². The summed E-state index contributed by atoms with van der Waals surface area (Å²) >= 11 is 6.28. The van der Waals surface area contributed by atoms with E-state index in [1.54, 1.807) is 63.2 Å². The Morgan fingerprint density at radius 1 is 1.12 bits per heavy atom. The normalized spacial score (nSPS) is 12.7. The first kappa shape index (κ1) is 24.0. The standard InChI is InChI=1S/C23H26ClN3O4S/c1-5-27(6-2)32(29,30)18-13-11-17(12-14-18)15(3)25-23(28)21-16(4)31-26-22(21)19-9-7-8-10-20(19)24/h7-15H,5-6H2,1-4H3,(H,25,28). The fourth-order valence-corrected chi connectivity index (χ4v) is 5.15. The topological polar surface area (TPSA) is 92.5 Å². The van der Waals surface area contributed by atoms with Crippen molar-refractivity contribution in [3.8, 4) is 11.3 Å². The minimum atomic E-state index is -3.54. The van der Waals surface area contributed by atoms with E-state index in [4.69, 9.17) is 16.1 Å². The molecule has 0 saturated carbocycles. The summed E-state index contributed by atoms with van der Waals surface area (Å²) in [6.07, 6.45) is 0. The fraction of sp³-hybridized carbons (Fsp3) is 0.304. The van der Waals surface area contributed by atoms with Gasteiger partial charge in [-0.25, -0.2) is 8.42 Å². The molecule has 1 unspecified atom stereocenters. The molecule has 1 amide bonds. The van der Waals surface area contributed by atoms with Gasteiger partial charge in [-0.3, -0.25) is 4.79 Å². The molecule has 3 aromatic rings. The molecule has 0 aliphatic heterocycles. The third kappa shape index (κ3) is 4.72. The molecule has 7 nitrogen and oxygen atoms in total. The molecular formula is C23H26ClN3O4S. The minimum Gasteiger partial charge on any atom is -0.360 e. The van der Waals surface area contributed by atoms with Crippen molar-refractivity contribution in [2.45, 2.75) is 38.6 Å². The number of halogens is 1. The Morgan fingerprint density at radius 2 is 1.75 bits per heavy atom. The van der Waals surface area contributed by atoms with Gasteiger partial charge >= 0.3 is 0 Å². The molecule has 9 heteroatoms. The molecule has 0 bridgehead atoms. The summed E-state index contributed by atoms with van der Waals surface area (Å²) in [6.45, 7) is 7.90. The van der Waals surface area contributed by atoms with Crippen LogP contribution in [0.25, 0.3) is 11.3 Å². The van der Waals surface area contributed by atoms with E-state index in [1.165, 1.54) is 4.31 Å². The smallest absolute Gasteiger partial charge is 0.257 e. The third-order valence-corrected chi connectivity index (χ3v) is 7.68. The quantitative estimate of drug-likeness (QED) is 0.504. The zero-order chi connectivity index (χ0) is 23.5. The molecule has 0 saturated heterocycles. The molecular weight excluding hydrogens is 450 g/mol. The van der Waals surface area contributed by atoms with Crippen LogP contribution in [-0.2, 0) is 10.0 Å². The summed E-state index contributed by atoms with van der Waals surface area (Å²) in [4.78, 5) is 13.3. The summed E-state index contributed by atoms with van der Waals surface area (Å²) in [7, 11) is -3.54. The highest BCUT2D eigenvalue weighted by molar-refractivity contribution is 7.89. The van der Waals surface area contributed by atoms with Gasteiger partial charge in [0, 0.05) is 18.7 Å². The van der Waals surface area contributed by atoms with Crippen LogP contribution in [0, 0.1) is 6.92 Å². The first-order valence-electron chi connectivity index (χ1n) is 10.3. The Labute approximate surface area is 193 Å². The van der Waals surface area contributed by atoms with Crippen molar-refractivity contribution in [2.75, 3.05) is 13.1 Å². The number of nitrogens with zero attached hydrogens (tertiary/aromatic N) is 2. The van der Waals surface area contributed by atoms with Gasteiger partial charge in [0.1, 0.15) is 17.0 Å². The second kappa shape index (κ2) is 9.85. The molecule has 0 aliphatic rings. The van der Waals surface area contributed by atoms with Crippen LogP contribution in [0.15, 0.2) is 57.9 Å². The maximum absolute atomic E-state index is 13.1. The van der Waals surface area contributed by atoms with Crippen molar-refractivity contribution in [2.24, 2.45) is 0 Å². The number of aryl methyl sites for hydroxylation is 1. The number of nitrogens with one attached hydrogen (secondary N) is 1. The SMILES string of the molecule is CCN(CC)S(=O)(=O)c1ccc(C(C)NC(=O)c2c(-c3ccccc3Cl)noc2C)cc1. The van der Waals surface area contributed by atoms with E-state index in [0.29, 0.717) is 40.7 Å². The highest BCUT2D eigenvalue weighted by Gasteiger charge is 2.25. The maximum Gasteiger partial charge on any atom is 0.257 e. The molecule has 0 aliphatic carbocycles. The van der Waals surface area contributed by atoms with Crippen molar-refractivity contribution >= 4 is 27.5 Å². The highest BCUT2D eigenvalue weighted by Crippen LogP contribution is 2.31. The minimum absolute atomic E-state index is 0.222. The van der Waals surface area contributed by atoms with E-state index < -0.39 is 10.0 Å². The van der Waals surface area contributed by atoms with E-state index in [-0.39, 0.29) is 16.8 Å². The molecule has 0 spiro atoms. The maximum atomic E-state index is 13.1. The van der Waals surface area contributed by atoms with Gasteiger partial charge in [-0.1, -0.05) is 60.9 Å². The Bertz CT molecular complexity index is 1200. The lowest BCUT2D eigenvalue weighted by molar-refractivity contribution is 0.0939. The van der Waals surface area contributed by atoms with Gasteiger partial charge in [0.25, 0.3) is 5.91 Å². The van der Waals surface area contributed by atoms with Crippen molar-refractivity contribution in [1.82, 2.24) is 14.8 Å². The van der Waals surface area contributed by atoms with E-state index >= 15 is 0 Å². The first-order chi connectivity index (χ1) is 15.2. The fourth-order valence-electron chi connectivity index (χ4n) is 3.47. The Hall–Kier alpha value is -2.68. The Balaban J connectivity index is 1.82. The lowest BCUT2D eigenvalue weighted by atomic mass is 10.0. The summed E-state index contributed by atoms with van der Waals surface area (Å²) in [5, 5.41) is 7.42. The third-order valence-electron chi connectivity index (χ3n) is 5.29. The average molecular weight is 476 g/mol. The van der Waals surface area contributed by atoms with Gasteiger partial charge in [-0.15, -0.1) is 0 Å². The van der Waals surface area contributed by atoms with Gasteiger partial charge in [-0.2, -0.15) is 4.31 Å². The van der Waals surface area contributed by atoms with Gasteiger partial charge in [0.05, 0.1) is 16.0 Å². The van der Waals surface area contributed by atoms with Crippen LogP contribution >= 0.6 is 11.6 Å². The van der Waals surface area contributed by atoms with Crippen molar-refractivity contribution in [1.29, 1.82) is 0 Å². The zero-order valence-electron chi connectivity index (χ0n) is 18.4. The molecule has 0 fully saturated rings. The van der Waals surface area contributed by atoms with E-state index in [1.807, 2.05) is 13.0 Å².